The molecule has 0 fully saturated rings. The zero-order valence-corrected chi connectivity index (χ0v) is 14.3. The second-order valence-electron chi connectivity index (χ2n) is 6.25. The molecule has 1 N–H and O–H groups in total. The highest BCUT2D eigenvalue weighted by atomic mass is 16.2. The van der Waals surface area contributed by atoms with Gasteiger partial charge in [-0.25, -0.2) is 4.98 Å². The van der Waals surface area contributed by atoms with Crippen LogP contribution in [0.3, 0.4) is 0 Å². The molecule has 1 aromatic heterocycles. The Morgan fingerprint density at radius 3 is 2.58 bits per heavy atom. The van der Waals surface area contributed by atoms with E-state index in [0.717, 1.165) is 11.1 Å². The van der Waals surface area contributed by atoms with Crippen molar-refractivity contribution in [3.8, 4) is 0 Å². The third-order valence-electron chi connectivity index (χ3n) is 4.39. The molecule has 2 amide bonds. The Morgan fingerprint density at radius 2 is 1.77 bits per heavy atom. The minimum atomic E-state index is -0.269. The number of nitrogens with one attached hydrogen (secondary N) is 1. The van der Waals surface area contributed by atoms with Gasteiger partial charge in [0.25, 0.3) is 11.8 Å². The zero-order chi connectivity index (χ0) is 18.1. The summed E-state index contributed by atoms with van der Waals surface area (Å²) in [6, 6.07) is 18.6. The molecule has 26 heavy (non-hydrogen) atoms. The molecule has 0 saturated carbocycles. The van der Waals surface area contributed by atoms with Crippen LogP contribution < -0.4 is 10.2 Å². The number of benzene rings is 2. The highest BCUT2D eigenvalue weighted by molar-refractivity contribution is 6.18. The molecule has 128 valence electrons. The Morgan fingerprint density at radius 1 is 0.962 bits per heavy atom. The fourth-order valence-electron chi connectivity index (χ4n) is 3.10. The van der Waals surface area contributed by atoms with Crippen molar-refractivity contribution < 1.29 is 9.59 Å². The van der Waals surface area contributed by atoms with E-state index in [1.165, 1.54) is 0 Å². The molecule has 3 aromatic rings. The summed E-state index contributed by atoms with van der Waals surface area (Å²) < 4.78 is 0. The second kappa shape index (κ2) is 6.44. The average Bonchev–Trinajstić information content (AvgIpc) is 2.66. The Labute approximate surface area is 151 Å². The maximum absolute atomic E-state index is 13.3. The monoisotopic (exact) mass is 343 g/mol. The van der Waals surface area contributed by atoms with Crippen LogP contribution in [0.15, 0.2) is 66.9 Å². The summed E-state index contributed by atoms with van der Waals surface area (Å²) in [5, 5.41) is 2.76. The molecule has 1 aliphatic heterocycles. The molecule has 0 saturated heterocycles. The standard InChI is InChI=1S/C21H17N3O2/c1-14-9-10-18-17(12-14)20(25)23-19-16(8-5-11-22-19)21(26)24(18)13-15-6-3-2-4-7-15/h2-12H,13H2,1H3,(H,22,23,25). The summed E-state index contributed by atoms with van der Waals surface area (Å²) in [6.07, 6.45) is 1.56. The van der Waals surface area contributed by atoms with Crippen molar-refractivity contribution in [2.24, 2.45) is 0 Å². The van der Waals surface area contributed by atoms with Gasteiger partial charge in [0.15, 0.2) is 0 Å². The van der Waals surface area contributed by atoms with E-state index in [9.17, 15) is 9.59 Å². The number of aromatic nitrogens is 1. The summed E-state index contributed by atoms with van der Waals surface area (Å²) in [7, 11) is 0. The van der Waals surface area contributed by atoms with E-state index in [1.807, 2.05) is 49.4 Å². The van der Waals surface area contributed by atoms with Crippen molar-refractivity contribution >= 4 is 23.3 Å². The highest BCUT2D eigenvalue weighted by Crippen LogP contribution is 2.30. The van der Waals surface area contributed by atoms with Crippen LogP contribution in [-0.2, 0) is 6.54 Å². The van der Waals surface area contributed by atoms with E-state index in [4.69, 9.17) is 0 Å². The molecule has 2 heterocycles. The van der Waals surface area contributed by atoms with E-state index in [-0.39, 0.29) is 17.6 Å². The number of aryl methyl sites for hydroxylation is 1. The van der Waals surface area contributed by atoms with Crippen LogP contribution in [0.2, 0.25) is 0 Å². The second-order valence-corrected chi connectivity index (χ2v) is 6.25. The average molecular weight is 343 g/mol. The van der Waals surface area contributed by atoms with Gasteiger partial charge in [0.1, 0.15) is 5.82 Å². The molecule has 4 rings (SSSR count). The van der Waals surface area contributed by atoms with Gasteiger partial charge < -0.3 is 10.2 Å². The van der Waals surface area contributed by atoms with Crippen LogP contribution in [0.5, 0.6) is 0 Å². The number of pyridine rings is 1. The Bertz CT molecular complexity index is 999. The van der Waals surface area contributed by atoms with Crippen LogP contribution >= 0.6 is 0 Å². The molecular weight excluding hydrogens is 326 g/mol. The smallest absolute Gasteiger partial charge is 0.262 e. The molecule has 0 aliphatic carbocycles. The van der Waals surface area contributed by atoms with Crippen molar-refractivity contribution in [1.29, 1.82) is 0 Å². The number of amides is 2. The molecule has 2 aromatic carbocycles. The summed E-state index contributed by atoms with van der Waals surface area (Å²) in [4.78, 5) is 31.9. The Kier molecular flexibility index (Phi) is 3.97. The number of carbonyl (C=O) groups is 2. The number of hydrogen-bond acceptors (Lipinski definition) is 3. The molecule has 5 heteroatoms. The van der Waals surface area contributed by atoms with Crippen molar-refractivity contribution in [1.82, 2.24) is 4.98 Å². The molecule has 1 aliphatic rings. The van der Waals surface area contributed by atoms with Gasteiger partial charge >= 0.3 is 0 Å². The van der Waals surface area contributed by atoms with Crippen molar-refractivity contribution in [3.63, 3.8) is 0 Å². The van der Waals surface area contributed by atoms with E-state index < -0.39 is 0 Å². The van der Waals surface area contributed by atoms with Gasteiger partial charge in [0, 0.05) is 6.20 Å². The maximum atomic E-state index is 13.3. The largest absolute Gasteiger partial charge is 0.306 e. The molecular formula is C21H17N3O2. The van der Waals surface area contributed by atoms with Gasteiger partial charge in [0.2, 0.25) is 0 Å². The van der Waals surface area contributed by atoms with Gasteiger partial charge in [-0.05, 0) is 36.8 Å². The molecule has 0 atom stereocenters. The zero-order valence-electron chi connectivity index (χ0n) is 14.3. The summed E-state index contributed by atoms with van der Waals surface area (Å²) in [5.74, 6) is -0.177. The molecule has 5 nitrogen and oxygen atoms in total. The molecule has 0 spiro atoms. The third kappa shape index (κ3) is 2.84. The minimum absolute atomic E-state index is 0.193. The lowest BCUT2D eigenvalue weighted by molar-refractivity contribution is 0.0982. The minimum Gasteiger partial charge on any atom is -0.306 e. The number of carbonyl (C=O) groups excluding carboxylic acids is 2. The van der Waals surface area contributed by atoms with Gasteiger partial charge in [-0.2, -0.15) is 0 Å². The Hall–Kier alpha value is -3.47. The predicted octanol–water partition coefficient (Wildman–Crippen LogP) is 3.80. The lowest BCUT2D eigenvalue weighted by Gasteiger charge is -2.28. The van der Waals surface area contributed by atoms with E-state index in [1.54, 1.807) is 29.3 Å². The van der Waals surface area contributed by atoms with Crippen LogP contribution in [0.4, 0.5) is 11.5 Å². The van der Waals surface area contributed by atoms with Crippen LogP contribution in [-0.4, -0.2) is 16.8 Å². The summed E-state index contributed by atoms with van der Waals surface area (Å²) >= 11 is 0. The first-order chi connectivity index (χ1) is 12.6. The lowest BCUT2D eigenvalue weighted by atomic mass is 10.0. The number of anilines is 2. The first-order valence-electron chi connectivity index (χ1n) is 8.36. The lowest BCUT2D eigenvalue weighted by Crippen LogP contribution is -2.35. The number of rotatable bonds is 2. The number of fused-ring (bicyclic) bond motifs is 2. The van der Waals surface area contributed by atoms with Crippen LogP contribution in [0.1, 0.15) is 31.8 Å². The normalized spacial score (nSPS) is 13.3. The van der Waals surface area contributed by atoms with Crippen LogP contribution in [0, 0.1) is 6.92 Å². The van der Waals surface area contributed by atoms with Gasteiger partial charge in [-0.3, -0.25) is 9.59 Å². The maximum Gasteiger partial charge on any atom is 0.262 e. The SMILES string of the molecule is Cc1ccc2c(c1)C(=O)Nc1ncccc1C(=O)N2Cc1ccccc1. The van der Waals surface area contributed by atoms with Gasteiger partial charge in [-0.15, -0.1) is 0 Å². The third-order valence-corrected chi connectivity index (χ3v) is 4.39. The van der Waals surface area contributed by atoms with Gasteiger partial charge in [-0.1, -0.05) is 42.0 Å². The number of nitrogens with zero attached hydrogens (tertiary/aromatic N) is 2. The molecule has 0 unspecified atom stereocenters. The fraction of sp³-hybridized carbons (Fsp3) is 0.0952. The van der Waals surface area contributed by atoms with Crippen LogP contribution in [0.25, 0.3) is 0 Å². The van der Waals surface area contributed by atoms with E-state index >= 15 is 0 Å². The topological polar surface area (TPSA) is 62.3 Å². The van der Waals surface area contributed by atoms with E-state index in [0.29, 0.717) is 23.4 Å². The van der Waals surface area contributed by atoms with Crippen molar-refractivity contribution in [2.75, 3.05) is 10.2 Å². The highest BCUT2D eigenvalue weighted by Gasteiger charge is 2.29. The predicted molar refractivity (Wildman–Crippen MR) is 100 cm³/mol. The molecule has 0 radical (unpaired) electrons. The first kappa shape index (κ1) is 16.0. The van der Waals surface area contributed by atoms with Gasteiger partial charge in [0.05, 0.1) is 23.4 Å². The fourth-order valence-corrected chi connectivity index (χ4v) is 3.10. The molecule has 0 bridgehead atoms. The first-order valence-corrected chi connectivity index (χ1v) is 8.36. The summed E-state index contributed by atoms with van der Waals surface area (Å²) in [6.45, 7) is 2.29. The van der Waals surface area contributed by atoms with E-state index in [2.05, 4.69) is 10.3 Å². The van der Waals surface area contributed by atoms with Crippen molar-refractivity contribution in [3.05, 3.63) is 89.1 Å². The quantitative estimate of drug-likeness (QED) is 0.770. The summed E-state index contributed by atoms with van der Waals surface area (Å²) in [5.41, 5.74) is 3.37. The number of hydrogen-bond donors (Lipinski definition) is 1. The van der Waals surface area contributed by atoms with Crippen molar-refractivity contribution in [2.45, 2.75) is 13.5 Å². The Balaban J connectivity index is 1.89.